The molecule has 6 heteroatoms. The van der Waals surface area contributed by atoms with E-state index in [0.29, 0.717) is 19.0 Å². The summed E-state index contributed by atoms with van der Waals surface area (Å²) < 4.78 is 7.76. The average molecular weight is 408 g/mol. The van der Waals surface area contributed by atoms with Crippen LogP contribution in [0.5, 0.6) is 5.75 Å². The van der Waals surface area contributed by atoms with Crippen LogP contribution in [0.1, 0.15) is 49.8 Å². The Morgan fingerprint density at radius 2 is 1.90 bits per heavy atom. The molecule has 3 aromatic rings. The van der Waals surface area contributed by atoms with Gasteiger partial charge in [0, 0.05) is 19.1 Å². The molecule has 0 saturated carbocycles. The van der Waals surface area contributed by atoms with Crippen molar-refractivity contribution in [1.29, 1.82) is 0 Å². The zero-order chi connectivity index (χ0) is 21.3. The highest BCUT2D eigenvalue weighted by atomic mass is 16.5. The number of carbonyl (C=O) groups excluding carboxylic acids is 1. The second-order valence-corrected chi connectivity index (χ2v) is 8.41. The number of ether oxygens (including phenoxy) is 1. The molecule has 0 unspecified atom stereocenters. The lowest BCUT2D eigenvalue weighted by molar-refractivity contribution is -0.134. The van der Waals surface area contributed by atoms with Gasteiger partial charge in [-0.3, -0.25) is 9.36 Å². The standard InChI is InChI=1S/C24H29N3O3/c1-16(2)19-9-8-17(3)14-22(19)30-15-23(28)26-12-10-18(11-13-26)27-21-7-5-4-6-20(21)25-24(27)29/h4-9,14,16,18H,10-13,15H2,1-3H3,(H,25,29). The van der Waals surface area contributed by atoms with Gasteiger partial charge >= 0.3 is 5.69 Å². The van der Waals surface area contributed by atoms with E-state index in [1.807, 2.05) is 46.7 Å². The number of H-pyrrole nitrogens is 1. The van der Waals surface area contributed by atoms with Gasteiger partial charge in [0.15, 0.2) is 6.61 Å². The minimum Gasteiger partial charge on any atom is -0.483 e. The molecule has 0 bridgehead atoms. The first-order chi connectivity index (χ1) is 14.4. The summed E-state index contributed by atoms with van der Waals surface area (Å²) in [7, 11) is 0. The summed E-state index contributed by atoms with van der Waals surface area (Å²) in [6, 6.07) is 14.0. The first-order valence-corrected chi connectivity index (χ1v) is 10.6. The molecule has 4 rings (SSSR count). The van der Waals surface area contributed by atoms with Gasteiger partial charge in [-0.25, -0.2) is 4.79 Å². The monoisotopic (exact) mass is 407 g/mol. The number of hydrogen-bond donors (Lipinski definition) is 1. The molecule has 0 radical (unpaired) electrons. The van der Waals surface area contributed by atoms with Crippen LogP contribution in [-0.2, 0) is 4.79 Å². The summed E-state index contributed by atoms with van der Waals surface area (Å²) in [4.78, 5) is 29.9. The summed E-state index contributed by atoms with van der Waals surface area (Å²) in [6.45, 7) is 7.57. The molecule has 1 aromatic heterocycles. The Labute approximate surface area is 176 Å². The van der Waals surface area contributed by atoms with Crippen LogP contribution in [0.3, 0.4) is 0 Å². The van der Waals surface area contributed by atoms with Crippen molar-refractivity contribution < 1.29 is 9.53 Å². The Balaban J connectivity index is 1.39. The number of fused-ring (bicyclic) bond motifs is 1. The number of piperidine rings is 1. The number of rotatable bonds is 5. The third-order valence-corrected chi connectivity index (χ3v) is 5.95. The number of aromatic nitrogens is 2. The first-order valence-electron chi connectivity index (χ1n) is 10.6. The molecule has 1 aliphatic heterocycles. The Hall–Kier alpha value is -3.02. The van der Waals surface area contributed by atoms with E-state index >= 15 is 0 Å². The topological polar surface area (TPSA) is 67.3 Å². The van der Waals surface area contributed by atoms with Crippen LogP contribution in [0.2, 0.25) is 0 Å². The van der Waals surface area contributed by atoms with E-state index in [2.05, 4.69) is 31.0 Å². The lowest BCUT2D eigenvalue weighted by Crippen LogP contribution is -2.42. The number of nitrogens with zero attached hydrogens (tertiary/aromatic N) is 2. The fraction of sp³-hybridized carbons (Fsp3) is 0.417. The van der Waals surface area contributed by atoms with E-state index in [-0.39, 0.29) is 24.2 Å². The van der Waals surface area contributed by atoms with Gasteiger partial charge in [0.2, 0.25) is 0 Å². The fourth-order valence-electron chi connectivity index (χ4n) is 4.28. The minimum absolute atomic E-state index is 0.00376. The lowest BCUT2D eigenvalue weighted by atomic mass is 10.0. The fourth-order valence-corrected chi connectivity index (χ4v) is 4.28. The van der Waals surface area contributed by atoms with E-state index < -0.39 is 0 Å². The second-order valence-electron chi connectivity index (χ2n) is 8.41. The van der Waals surface area contributed by atoms with Gasteiger partial charge in [0.25, 0.3) is 5.91 Å². The summed E-state index contributed by atoms with van der Waals surface area (Å²) in [5, 5.41) is 0. The van der Waals surface area contributed by atoms with Crippen molar-refractivity contribution >= 4 is 16.9 Å². The van der Waals surface area contributed by atoms with Crippen molar-refractivity contribution in [1.82, 2.24) is 14.5 Å². The number of amides is 1. The molecular weight excluding hydrogens is 378 g/mol. The van der Waals surface area contributed by atoms with Gasteiger partial charge in [-0.1, -0.05) is 38.1 Å². The SMILES string of the molecule is Cc1ccc(C(C)C)c(OCC(=O)N2CCC(n3c(=O)[nH]c4ccccc43)CC2)c1. The smallest absolute Gasteiger partial charge is 0.326 e. The molecule has 1 N–H and O–H groups in total. The third-order valence-electron chi connectivity index (χ3n) is 5.95. The summed E-state index contributed by atoms with van der Waals surface area (Å²) in [5.74, 6) is 1.12. The number of para-hydroxylation sites is 2. The molecule has 6 nitrogen and oxygen atoms in total. The number of hydrogen-bond acceptors (Lipinski definition) is 3. The van der Waals surface area contributed by atoms with Gasteiger partial charge in [-0.2, -0.15) is 0 Å². The Morgan fingerprint density at radius 3 is 2.63 bits per heavy atom. The highest BCUT2D eigenvalue weighted by Crippen LogP contribution is 2.28. The van der Waals surface area contributed by atoms with Crippen molar-refractivity contribution in [2.75, 3.05) is 19.7 Å². The number of nitrogens with one attached hydrogen (secondary N) is 1. The number of carbonyl (C=O) groups is 1. The van der Waals surface area contributed by atoms with Gasteiger partial charge in [-0.05, 0) is 55.0 Å². The predicted molar refractivity (Wildman–Crippen MR) is 118 cm³/mol. The Morgan fingerprint density at radius 1 is 1.17 bits per heavy atom. The summed E-state index contributed by atoms with van der Waals surface area (Å²) >= 11 is 0. The predicted octanol–water partition coefficient (Wildman–Crippen LogP) is 4.00. The van der Waals surface area contributed by atoms with Gasteiger partial charge in [0.1, 0.15) is 5.75 Å². The molecule has 2 aromatic carbocycles. The molecule has 1 saturated heterocycles. The molecule has 158 valence electrons. The normalized spacial score (nSPS) is 15.1. The van der Waals surface area contributed by atoms with Crippen molar-refractivity contribution in [3.05, 3.63) is 64.1 Å². The highest BCUT2D eigenvalue weighted by Gasteiger charge is 2.26. The number of imidazole rings is 1. The van der Waals surface area contributed by atoms with Crippen LogP contribution in [0.4, 0.5) is 0 Å². The largest absolute Gasteiger partial charge is 0.483 e. The summed E-state index contributed by atoms with van der Waals surface area (Å²) in [6.07, 6.45) is 1.52. The molecule has 2 heterocycles. The van der Waals surface area contributed by atoms with Gasteiger partial charge in [-0.15, -0.1) is 0 Å². The number of benzene rings is 2. The molecule has 1 amide bonds. The summed E-state index contributed by atoms with van der Waals surface area (Å²) in [5.41, 5.74) is 3.94. The maximum atomic E-state index is 12.7. The Kier molecular flexibility index (Phi) is 5.66. The maximum absolute atomic E-state index is 12.7. The number of aryl methyl sites for hydroxylation is 1. The van der Waals surface area contributed by atoms with E-state index in [0.717, 1.165) is 40.8 Å². The molecular formula is C24H29N3O3. The van der Waals surface area contributed by atoms with Crippen LogP contribution in [0, 0.1) is 6.92 Å². The molecule has 0 atom stereocenters. The first kappa shape index (κ1) is 20.3. The maximum Gasteiger partial charge on any atom is 0.326 e. The van der Waals surface area contributed by atoms with Crippen molar-refractivity contribution in [3.63, 3.8) is 0 Å². The lowest BCUT2D eigenvalue weighted by Gasteiger charge is -2.32. The zero-order valence-corrected chi connectivity index (χ0v) is 17.9. The quantitative estimate of drug-likeness (QED) is 0.695. The zero-order valence-electron chi connectivity index (χ0n) is 17.9. The number of aromatic amines is 1. The number of likely N-dealkylation sites (tertiary alicyclic amines) is 1. The van der Waals surface area contributed by atoms with Crippen LogP contribution in [-0.4, -0.2) is 40.1 Å². The van der Waals surface area contributed by atoms with E-state index in [1.165, 1.54) is 0 Å². The molecule has 0 spiro atoms. The van der Waals surface area contributed by atoms with Gasteiger partial charge < -0.3 is 14.6 Å². The third kappa shape index (κ3) is 3.99. The molecule has 30 heavy (non-hydrogen) atoms. The van der Waals surface area contributed by atoms with Crippen LogP contribution in [0.15, 0.2) is 47.3 Å². The second kappa shape index (κ2) is 8.38. The minimum atomic E-state index is -0.0787. The van der Waals surface area contributed by atoms with E-state index in [4.69, 9.17) is 4.74 Å². The van der Waals surface area contributed by atoms with Crippen LogP contribution >= 0.6 is 0 Å². The Bertz CT molecular complexity index is 1100. The van der Waals surface area contributed by atoms with Crippen molar-refractivity contribution in [2.24, 2.45) is 0 Å². The van der Waals surface area contributed by atoms with Gasteiger partial charge in [0.05, 0.1) is 11.0 Å². The van der Waals surface area contributed by atoms with E-state index in [1.54, 1.807) is 0 Å². The average Bonchev–Trinajstić information content (AvgIpc) is 3.07. The molecule has 0 aliphatic carbocycles. The van der Waals surface area contributed by atoms with Crippen molar-refractivity contribution in [3.8, 4) is 5.75 Å². The molecule has 1 fully saturated rings. The van der Waals surface area contributed by atoms with Crippen LogP contribution in [0.25, 0.3) is 11.0 Å². The van der Waals surface area contributed by atoms with Crippen molar-refractivity contribution in [2.45, 2.75) is 45.6 Å². The van der Waals surface area contributed by atoms with E-state index in [9.17, 15) is 9.59 Å². The molecule has 1 aliphatic rings. The highest BCUT2D eigenvalue weighted by molar-refractivity contribution is 5.78. The van der Waals surface area contributed by atoms with Crippen LogP contribution < -0.4 is 10.4 Å².